The summed E-state index contributed by atoms with van der Waals surface area (Å²) in [6.07, 6.45) is 0. The lowest BCUT2D eigenvalue weighted by atomic mass is 9.82. The molecular formula is C27H24N2O3. The molecule has 0 spiro atoms. The summed E-state index contributed by atoms with van der Waals surface area (Å²) in [5, 5.41) is 1.19. The van der Waals surface area contributed by atoms with Gasteiger partial charge in [-0.25, -0.2) is 0 Å². The second-order valence-electron chi connectivity index (χ2n) is 8.31. The van der Waals surface area contributed by atoms with Gasteiger partial charge in [0.25, 0.3) is 5.91 Å². The van der Waals surface area contributed by atoms with Gasteiger partial charge < -0.3 is 19.4 Å². The van der Waals surface area contributed by atoms with Gasteiger partial charge in [-0.05, 0) is 36.2 Å². The van der Waals surface area contributed by atoms with Gasteiger partial charge in [0.1, 0.15) is 0 Å². The SMILES string of the molecule is CCOc1c(OC)cccc1C1CN2C(=O)c3ccccc3C2c2[nH]c3ccccc3c21. The number of carbonyl (C=O) groups excluding carboxylic acids is 1. The lowest BCUT2D eigenvalue weighted by Crippen LogP contribution is -2.38. The molecule has 0 bridgehead atoms. The van der Waals surface area contributed by atoms with E-state index in [9.17, 15) is 4.79 Å². The smallest absolute Gasteiger partial charge is 0.255 e. The molecule has 32 heavy (non-hydrogen) atoms. The Kier molecular flexibility index (Phi) is 4.25. The minimum atomic E-state index is -0.0986. The molecule has 4 aromatic rings. The molecule has 5 heteroatoms. The van der Waals surface area contributed by atoms with Crippen molar-refractivity contribution in [3.8, 4) is 11.5 Å². The highest BCUT2D eigenvalue weighted by molar-refractivity contribution is 6.01. The molecule has 1 aromatic heterocycles. The van der Waals surface area contributed by atoms with E-state index in [-0.39, 0.29) is 17.9 Å². The van der Waals surface area contributed by atoms with Crippen molar-refractivity contribution < 1.29 is 14.3 Å². The zero-order chi connectivity index (χ0) is 21.8. The Hall–Kier alpha value is -3.73. The van der Waals surface area contributed by atoms with Crippen LogP contribution >= 0.6 is 0 Å². The predicted molar refractivity (Wildman–Crippen MR) is 124 cm³/mol. The number of nitrogens with zero attached hydrogens (tertiary/aromatic N) is 1. The molecule has 0 fully saturated rings. The highest BCUT2D eigenvalue weighted by Crippen LogP contribution is 2.51. The van der Waals surface area contributed by atoms with Crippen molar-refractivity contribution in [2.75, 3.05) is 20.3 Å². The molecule has 0 aliphatic carbocycles. The molecular weight excluding hydrogens is 400 g/mol. The van der Waals surface area contributed by atoms with Crippen molar-refractivity contribution in [1.29, 1.82) is 0 Å². The maximum Gasteiger partial charge on any atom is 0.255 e. The predicted octanol–water partition coefficient (Wildman–Crippen LogP) is 5.27. The molecule has 1 amide bonds. The van der Waals surface area contributed by atoms with Crippen LogP contribution in [0.25, 0.3) is 10.9 Å². The van der Waals surface area contributed by atoms with E-state index >= 15 is 0 Å². The van der Waals surface area contributed by atoms with Gasteiger partial charge in [-0.15, -0.1) is 0 Å². The minimum absolute atomic E-state index is 0.0349. The fraction of sp³-hybridized carbons (Fsp3) is 0.222. The summed E-state index contributed by atoms with van der Waals surface area (Å²) < 4.78 is 11.7. The standard InChI is InChI=1S/C27H24N2O3/c1-3-32-26-17(12-8-14-22(26)31-2)20-15-29-25(16-9-4-5-10-18(16)27(29)30)24-23(20)19-11-6-7-13-21(19)28-24/h4-14,20,25,28H,3,15H2,1-2H3. The van der Waals surface area contributed by atoms with E-state index in [0.29, 0.717) is 18.9 Å². The first-order valence-electron chi connectivity index (χ1n) is 11.0. The number of hydrogen-bond donors (Lipinski definition) is 1. The number of aromatic amines is 1. The zero-order valence-corrected chi connectivity index (χ0v) is 18.1. The van der Waals surface area contributed by atoms with Crippen LogP contribution in [0.3, 0.4) is 0 Å². The summed E-state index contributed by atoms with van der Waals surface area (Å²) in [6, 6.07) is 22.3. The largest absolute Gasteiger partial charge is 0.493 e. The number of aromatic nitrogens is 1. The van der Waals surface area contributed by atoms with Crippen molar-refractivity contribution in [1.82, 2.24) is 9.88 Å². The van der Waals surface area contributed by atoms with Crippen LogP contribution in [0.2, 0.25) is 0 Å². The number of para-hydroxylation sites is 2. The molecule has 2 aliphatic heterocycles. The van der Waals surface area contributed by atoms with Crippen LogP contribution in [0.4, 0.5) is 0 Å². The van der Waals surface area contributed by atoms with E-state index in [1.807, 2.05) is 48.2 Å². The molecule has 6 rings (SSSR count). The van der Waals surface area contributed by atoms with Gasteiger partial charge in [-0.1, -0.05) is 48.5 Å². The third-order valence-corrected chi connectivity index (χ3v) is 6.73. The quantitative estimate of drug-likeness (QED) is 0.486. The van der Waals surface area contributed by atoms with Crippen LogP contribution in [0.1, 0.15) is 51.6 Å². The minimum Gasteiger partial charge on any atom is -0.493 e. The van der Waals surface area contributed by atoms with Gasteiger partial charge in [0.15, 0.2) is 11.5 Å². The zero-order valence-electron chi connectivity index (χ0n) is 18.1. The van der Waals surface area contributed by atoms with Gasteiger partial charge in [0, 0.05) is 40.2 Å². The number of fused-ring (bicyclic) bond motifs is 7. The molecule has 0 saturated carbocycles. The summed E-state index contributed by atoms with van der Waals surface area (Å²) >= 11 is 0. The monoisotopic (exact) mass is 424 g/mol. The third-order valence-electron chi connectivity index (χ3n) is 6.73. The van der Waals surface area contributed by atoms with Gasteiger partial charge >= 0.3 is 0 Å². The summed E-state index contributed by atoms with van der Waals surface area (Å²) in [4.78, 5) is 19.1. The Labute approximate surface area is 186 Å². The molecule has 160 valence electrons. The lowest BCUT2D eigenvalue weighted by molar-refractivity contribution is 0.0727. The Balaban J connectivity index is 1.63. The van der Waals surface area contributed by atoms with Crippen LogP contribution in [-0.2, 0) is 0 Å². The van der Waals surface area contributed by atoms with E-state index in [4.69, 9.17) is 9.47 Å². The van der Waals surface area contributed by atoms with E-state index in [0.717, 1.165) is 33.7 Å². The molecule has 2 unspecified atom stereocenters. The number of nitrogens with one attached hydrogen (secondary N) is 1. The van der Waals surface area contributed by atoms with E-state index < -0.39 is 0 Å². The number of ether oxygens (including phenoxy) is 2. The van der Waals surface area contributed by atoms with Crippen molar-refractivity contribution in [3.63, 3.8) is 0 Å². The first-order valence-corrected chi connectivity index (χ1v) is 11.0. The summed E-state index contributed by atoms with van der Waals surface area (Å²) in [7, 11) is 1.66. The Morgan fingerprint density at radius 2 is 1.78 bits per heavy atom. The maximum atomic E-state index is 13.4. The van der Waals surface area contributed by atoms with Gasteiger partial charge in [-0.3, -0.25) is 4.79 Å². The van der Waals surface area contributed by atoms with E-state index in [1.54, 1.807) is 7.11 Å². The summed E-state index contributed by atoms with van der Waals surface area (Å²) in [5.74, 6) is 1.51. The van der Waals surface area contributed by atoms with Gasteiger partial charge in [0.05, 0.1) is 19.8 Å². The fourth-order valence-electron chi connectivity index (χ4n) is 5.45. The van der Waals surface area contributed by atoms with Crippen LogP contribution in [-0.4, -0.2) is 36.1 Å². The number of benzene rings is 3. The average molecular weight is 425 g/mol. The van der Waals surface area contributed by atoms with Crippen molar-refractivity contribution in [2.24, 2.45) is 0 Å². The lowest BCUT2D eigenvalue weighted by Gasteiger charge is -2.36. The number of amides is 1. The van der Waals surface area contributed by atoms with Crippen LogP contribution in [0, 0.1) is 0 Å². The summed E-state index contributed by atoms with van der Waals surface area (Å²) in [5.41, 5.74) is 6.31. The van der Waals surface area contributed by atoms with E-state index in [1.165, 1.54) is 10.9 Å². The topological polar surface area (TPSA) is 54.6 Å². The second kappa shape index (κ2) is 7.16. The number of methoxy groups -OCH3 is 1. The molecule has 2 atom stereocenters. The number of rotatable bonds is 4. The molecule has 3 heterocycles. The second-order valence-corrected chi connectivity index (χ2v) is 8.31. The number of carbonyl (C=O) groups is 1. The maximum absolute atomic E-state index is 13.4. The van der Waals surface area contributed by atoms with Crippen molar-refractivity contribution in [3.05, 3.63) is 94.7 Å². The normalized spacial score (nSPS) is 18.9. The first kappa shape index (κ1) is 19.0. The van der Waals surface area contributed by atoms with Crippen molar-refractivity contribution >= 4 is 16.8 Å². The highest BCUT2D eigenvalue weighted by atomic mass is 16.5. The average Bonchev–Trinajstić information content (AvgIpc) is 3.35. The van der Waals surface area contributed by atoms with Crippen LogP contribution < -0.4 is 9.47 Å². The van der Waals surface area contributed by atoms with Crippen LogP contribution in [0.15, 0.2) is 66.7 Å². The summed E-state index contributed by atoms with van der Waals surface area (Å²) in [6.45, 7) is 3.10. The molecule has 1 N–H and O–H groups in total. The highest BCUT2D eigenvalue weighted by Gasteiger charge is 2.46. The molecule has 2 aliphatic rings. The van der Waals surface area contributed by atoms with Crippen LogP contribution in [0.5, 0.6) is 11.5 Å². The number of hydrogen-bond acceptors (Lipinski definition) is 3. The first-order chi connectivity index (χ1) is 15.7. The molecule has 5 nitrogen and oxygen atoms in total. The Morgan fingerprint density at radius 3 is 2.62 bits per heavy atom. The molecule has 3 aromatic carbocycles. The van der Waals surface area contributed by atoms with Gasteiger partial charge in [-0.2, -0.15) is 0 Å². The number of H-pyrrole nitrogens is 1. The fourth-order valence-corrected chi connectivity index (χ4v) is 5.45. The Morgan fingerprint density at radius 1 is 1.00 bits per heavy atom. The molecule has 0 radical (unpaired) electrons. The van der Waals surface area contributed by atoms with E-state index in [2.05, 4.69) is 35.3 Å². The van der Waals surface area contributed by atoms with Gasteiger partial charge in [0.2, 0.25) is 0 Å². The van der Waals surface area contributed by atoms with Crippen molar-refractivity contribution in [2.45, 2.75) is 18.9 Å². The Bertz CT molecular complexity index is 1360. The molecule has 0 saturated heterocycles. The third kappa shape index (κ3) is 2.54.